The first-order chi connectivity index (χ1) is 17.5. The molecule has 0 aromatic heterocycles. The Balaban J connectivity index is 1.79. The highest BCUT2D eigenvalue weighted by Crippen LogP contribution is 2.25. The summed E-state index contributed by atoms with van der Waals surface area (Å²) in [4.78, 5) is 47.9. The van der Waals surface area contributed by atoms with Gasteiger partial charge in [-0.1, -0.05) is 59.6 Å². The maximum absolute atomic E-state index is 13.1. The van der Waals surface area contributed by atoms with Crippen LogP contribution in [-0.2, 0) is 25.5 Å². The molecule has 194 valence electrons. The molecular weight excluding hydrogens is 521 g/mol. The van der Waals surface area contributed by atoms with Gasteiger partial charge in [-0.2, -0.15) is 0 Å². The zero-order valence-electron chi connectivity index (χ0n) is 19.8. The second-order valence-electron chi connectivity index (χ2n) is 8.65. The van der Waals surface area contributed by atoms with Gasteiger partial charge in [0.05, 0.1) is 34.0 Å². The van der Waals surface area contributed by atoms with Gasteiger partial charge < -0.3 is 20.3 Å². The number of carboxylic acid groups (broad SMARTS) is 2. The summed E-state index contributed by atoms with van der Waals surface area (Å²) in [6.45, 7) is 1.61. The van der Waals surface area contributed by atoms with Crippen LogP contribution < -0.4 is 5.32 Å². The predicted octanol–water partition coefficient (Wildman–Crippen LogP) is 4.99. The molecule has 8 nitrogen and oxygen atoms in total. The van der Waals surface area contributed by atoms with Crippen LogP contribution in [0.1, 0.15) is 35.7 Å². The molecule has 1 amide bonds. The van der Waals surface area contributed by atoms with Crippen molar-refractivity contribution in [3.63, 3.8) is 0 Å². The predicted molar refractivity (Wildman–Crippen MR) is 139 cm³/mol. The van der Waals surface area contributed by atoms with E-state index in [0.29, 0.717) is 21.2 Å². The van der Waals surface area contributed by atoms with Crippen LogP contribution in [-0.4, -0.2) is 46.2 Å². The van der Waals surface area contributed by atoms with Crippen LogP contribution in [0, 0.1) is 5.92 Å². The van der Waals surface area contributed by atoms with Crippen LogP contribution >= 0.6 is 23.2 Å². The van der Waals surface area contributed by atoms with Crippen LogP contribution in [0.15, 0.2) is 60.7 Å². The number of fused-ring (bicyclic) bond motifs is 1. The lowest BCUT2D eigenvalue weighted by atomic mass is 9.99. The third-order valence-corrected chi connectivity index (χ3v) is 6.55. The molecule has 0 fully saturated rings. The molecule has 3 atom stereocenters. The van der Waals surface area contributed by atoms with Crippen LogP contribution in [0.2, 0.25) is 10.0 Å². The van der Waals surface area contributed by atoms with Gasteiger partial charge in [0.1, 0.15) is 6.10 Å². The Labute approximate surface area is 223 Å². The molecule has 3 unspecified atom stereocenters. The number of hydrogen-bond acceptors (Lipinski definition) is 5. The third kappa shape index (κ3) is 7.93. The van der Waals surface area contributed by atoms with Crippen LogP contribution in [0.25, 0.3) is 10.8 Å². The van der Waals surface area contributed by atoms with Crippen molar-refractivity contribution in [2.45, 2.75) is 38.3 Å². The normalized spacial score (nSPS) is 13.4. The van der Waals surface area contributed by atoms with E-state index in [1.165, 1.54) is 0 Å². The van der Waals surface area contributed by atoms with E-state index in [1.54, 1.807) is 43.3 Å². The fourth-order valence-corrected chi connectivity index (χ4v) is 4.15. The highest BCUT2D eigenvalue weighted by Gasteiger charge is 2.28. The number of carboxylic acids is 2. The number of nitrogens with one attached hydrogen (secondary N) is 1. The Morgan fingerprint density at radius 1 is 0.892 bits per heavy atom. The minimum Gasteiger partial charge on any atom is -0.481 e. The van der Waals surface area contributed by atoms with E-state index in [4.69, 9.17) is 33.0 Å². The molecule has 0 bridgehead atoms. The van der Waals surface area contributed by atoms with E-state index in [0.717, 1.165) is 10.8 Å². The second-order valence-corrected chi connectivity index (χ2v) is 9.47. The van der Waals surface area contributed by atoms with Crippen molar-refractivity contribution in [1.82, 2.24) is 5.32 Å². The highest BCUT2D eigenvalue weighted by molar-refractivity contribution is 6.42. The van der Waals surface area contributed by atoms with Crippen molar-refractivity contribution < 1.29 is 34.1 Å². The summed E-state index contributed by atoms with van der Waals surface area (Å²) in [5, 5.41) is 23.3. The van der Waals surface area contributed by atoms with Crippen molar-refractivity contribution in [1.29, 1.82) is 0 Å². The van der Waals surface area contributed by atoms with E-state index in [-0.39, 0.29) is 6.42 Å². The Hall–Kier alpha value is -3.62. The summed E-state index contributed by atoms with van der Waals surface area (Å²) in [5.74, 6) is -5.39. The minimum absolute atomic E-state index is 0.176. The van der Waals surface area contributed by atoms with Crippen molar-refractivity contribution in [3.05, 3.63) is 81.8 Å². The van der Waals surface area contributed by atoms with Gasteiger partial charge in [-0.25, -0.2) is 4.79 Å². The minimum atomic E-state index is -1.39. The number of hydrogen-bond donors (Lipinski definition) is 3. The number of rotatable bonds is 11. The first-order valence-electron chi connectivity index (χ1n) is 11.4. The average Bonchev–Trinajstić information content (AvgIpc) is 2.84. The molecule has 37 heavy (non-hydrogen) atoms. The fourth-order valence-electron chi connectivity index (χ4n) is 3.83. The summed E-state index contributed by atoms with van der Waals surface area (Å²) < 4.78 is 5.80. The molecule has 0 radical (unpaired) electrons. The Morgan fingerprint density at radius 2 is 1.59 bits per heavy atom. The molecule has 0 aliphatic heterocycles. The third-order valence-electron chi connectivity index (χ3n) is 5.81. The summed E-state index contributed by atoms with van der Waals surface area (Å²) in [6, 6.07) is 16.9. The number of ether oxygens (including phenoxy) is 1. The molecule has 0 heterocycles. The molecule has 0 spiro atoms. The molecule has 3 aromatic carbocycles. The molecule has 3 N–H and O–H groups in total. The van der Waals surface area contributed by atoms with Crippen molar-refractivity contribution in [2.75, 3.05) is 0 Å². The Bertz CT molecular complexity index is 1330. The first kappa shape index (κ1) is 28.0. The monoisotopic (exact) mass is 545 g/mol. The Kier molecular flexibility index (Phi) is 9.49. The van der Waals surface area contributed by atoms with E-state index in [9.17, 15) is 24.3 Å². The number of esters is 1. The maximum Gasteiger partial charge on any atom is 0.338 e. The number of carbonyl (C=O) groups is 4. The van der Waals surface area contributed by atoms with Crippen LogP contribution in [0.3, 0.4) is 0 Å². The summed E-state index contributed by atoms with van der Waals surface area (Å²) in [6.07, 6.45) is -1.91. The molecule has 0 saturated heterocycles. The van der Waals surface area contributed by atoms with Gasteiger partial charge in [0.25, 0.3) is 0 Å². The summed E-state index contributed by atoms with van der Waals surface area (Å²) >= 11 is 12.1. The zero-order chi connectivity index (χ0) is 27.1. The second kappa shape index (κ2) is 12.6. The summed E-state index contributed by atoms with van der Waals surface area (Å²) in [5.41, 5.74) is 1.02. The maximum atomic E-state index is 13.1. The van der Waals surface area contributed by atoms with E-state index < -0.39 is 54.7 Å². The molecule has 0 aliphatic carbocycles. The Morgan fingerprint density at radius 3 is 2.24 bits per heavy atom. The number of amides is 1. The zero-order valence-corrected chi connectivity index (χ0v) is 21.3. The van der Waals surface area contributed by atoms with Gasteiger partial charge in [-0.3, -0.25) is 14.4 Å². The topological polar surface area (TPSA) is 130 Å². The van der Waals surface area contributed by atoms with Crippen molar-refractivity contribution >= 4 is 57.8 Å². The van der Waals surface area contributed by atoms with Gasteiger partial charge in [-0.05, 0) is 47.5 Å². The van der Waals surface area contributed by atoms with Crippen LogP contribution in [0.4, 0.5) is 0 Å². The number of halogens is 2. The fraction of sp³-hybridized carbons (Fsp3) is 0.259. The number of carbonyl (C=O) groups excluding carboxylic acids is 2. The number of benzene rings is 3. The SMILES string of the molecule is CC(NC(=O)CC(CC(=O)O)C(=O)O)C(Cc1ccc(Cl)c(Cl)c1)OC(=O)c1ccc2ccccc2c1. The molecule has 0 aliphatic rings. The molecular formula is C27H25Cl2NO7. The molecule has 3 aromatic rings. The summed E-state index contributed by atoms with van der Waals surface area (Å²) in [7, 11) is 0. The van der Waals surface area contributed by atoms with E-state index in [2.05, 4.69) is 5.32 Å². The number of aliphatic carboxylic acids is 2. The quantitative estimate of drug-likeness (QED) is 0.289. The van der Waals surface area contributed by atoms with Crippen molar-refractivity contribution in [2.24, 2.45) is 5.92 Å². The van der Waals surface area contributed by atoms with Gasteiger partial charge in [0, 0.05) is 12.8 Å². The molecule has 0 saturated carbocycles. The standard InChI is InChI=1S/C27H25Cl2NO7/c1-15(30-24(31)13-20(26(34)35)14-25(32)33)23(11-16-6-9-21(28)22(29)10-16)37-27(36)19-8-7-17-4-2-3-5-18(17)12-19/h2-10,12,15,20,23H,11,13-14H2,1H3,(H,30,31)(H,32,33)(H,34,35). The van der Waals surface area contributed by atoms with Gasteiger partial charge in [0.15, 0.2) is 0 Å². The highest BCUT2D eigenvalue weighted by atomic mass is 35.5. The van der Waals surface area contributed by atoms with Gasteiger partial charge >= 0.3 is 17.9 Å². The van der Waals surface area contributed by atoms with Gasteiger partial charge in [0.2, 0.25) is 5.91 Å². The smallest absolute Gasteiger partial charge is 0.338 e. The lowest BCUT2D eigenvalue weighted by Gasteiger charge is -2.26. The van der Waals surface area contributed by atoms with Crippen molar-refractivity contribution in [3.8, 4) is 0 Å². The first-order valence-corrected chi connectivity index (χ1v) is 12.2. The van der Waals surface area contributed by atoms with E-state index in [1.807, 2.05) is 24.3 Å². The van der Waals surface area contributed by atoms with E-state index >= 15 is 0 Å². The molecule has 10 heteroatoms. The lowest BCUT2D eigenvalue weighted by Crippen LogP contribution is -2.45. The molecule has 3 rings (SSSR count). The lowest BCUT2D eigenvalue weighted by molar-refractivity contribution is -0.149. The largest absolute Gasteiger partial charge is 0.481 e. The van der Waals surface area contributed by atoms with Gasteiger partial charge in [-0.15, -0.1) is 0 Å². The average molecular weight is 546 g/mol. The van der Waals surface area contributed by atoms with Crippen LogP contribution in [0.5, 0.6) is 0 Å².